The normalized spacial score (nSPS) is 11.3. The fourth-order valence-corrected chi connectivity index (χ4v) is 2.21. The summed E-state index contributed by atoms with van der Waals surface area (Å²) in [6, 6.07) is 14.5. The Bertz CT molecular complexity index is 535. The standard InChI is InChI=1S/C17H23N3/c1-17(2,16-9-4-5-10-20-16)13-19-12-14-7-6-8-15(11-14)18-3/h4-11,18-19H,12-13H2,1-3H3. The molecule has 20 heavy (non-hydrogen) atoms. The number of nitrogens with one attached hydrogen (secondary N) is 2. The van der Waals surface area contributed by atoms with E-state index in [1.54, 1.807) is 0 Å². The summed E-state index contributed by atoms with van der Waals surface area (Å²) in [5, 5.41) is 6.69. The number of hydrogen-bond donors (Lipinski definition) is 2. The minimum absolute atomic E-state index is 0.0296. The molecular formula is C17H23N3. The lowest BCUT2D eigenvalue weighted by Crippen LogP contribution is -2.33. The second kappa shape index (κ2) is 6.53. The van der Waals surface area contributed by atoms with Gasteiger partial charge in [-0.3, -0.25) is 4.98 Å². The number of pyridine rings is 1. The van der Waals surface area contributed by atoms with Gasteiger partial charge in [-0.1, -0.05) is 32.0 Å². The van der Waals surface area contributed by atoms with Gasteiger partial charge in [0.15, 0.2) is 0 Å². The molecule has 1 aromatic carbocycles. The summed E-state index contributed by atoms with van der Waals surface area (Å²) in [5.74, 6) is 0. The Hall–Kier alpha value is -1.87. The van der Waals surface area contributed by atoms with E-state index in [0.29, 0.717) is 0 Å². The third-order valence-corrected chi connectivity index (χ3v) is 3.47. The average molecular weight is 269 g/mol. The zero-order chi connectivity index (χ0) is 14.4. The van der Waals surface area contributed by atoms with Crippen molar-refractivity contribution in [3.8, 4) is 0 Å². The fourth-order valence-electron chi connectivity index (χ4n) is 2.21. The molecule has 0 unspecified atom stereocenters. The third kappa shape index (κ3) is 3.81. The van der Waals surface area contributed by atoms with Gasteiger partial charge in [-0.25, -0.2) is 0 Å². The van der Waals surface area contributed by atoms with Crippen LogP contribution in [0.15, 0.2) is 48.7 Å². The summed E-state index contributed by atoms with van der Waals surface area (Å²) in [4.78, 5) is 4.45. The summed E-state index contributed by atoms with van der Waals surface area (Å²) < 4.78 is 0. The van der Waals surface area contributed by atoms with E-state index >= 15 is 0 Å². The lowest BCUT2D eigenvalue weighted by Gasteiger charge is -2.24. The zero-order valence-corrected chi connectivity index (χ0v) is 12.5. The number of anilines is 1. The van der Waals surface area contributed by atoms with E-state index in [4.69, 9.17) is 0 Å². The molecule has 1 heterocycles. The lowest BCUT2D eigenvalue weighted by atomic mass is 9.88. The highest BCUT2D eigenvalue weighted by Crippen LogP contribution is 2.19. The van der Waals surface area contributed by atoms with E-state index in [2.05, 4.69) is 59.8 Å². The first-order chi connectivity index (χ1) is 9.62. The van der Waals surface area contributed by atoms with E-state index in [1.807, 2.05) is 25.4 Å². The maximum atomic E-state index is 4.45. The fraction of sp³-hybridized carbons (Fsp3) is 0.353. The Morgan fingerprint density at radius 2 is 1.95 bits per heavy atom. The first kappa shape index (κ1) is 14.5. The summed E-state index contributed by atoms with van der Waals surface area (Å²) in [5.41, 5.74) is 3.58. The summed E-state index contributed by atoms with van der Waals surface area (Å²) >= 11 is 0. The smallest absolute Gasteiger partial charge is 0.0472 e. The van der Waals surface area contributed by atoms with Crippen molar-refractivity contribution in [1.29, 1.82) is 0 Å². The summed E-state index contributed by atoms with van der Waals surface area (Å²) in [7, 11) is 1.94. The van der Waals surface area contributed by atoms with Crippen LogP contribution in [0.2, 0.25) is 0 Å². The van der Waals surface area contributed by atoms with Gasteiger partial charge in [-0.15, -0.1) is 0 Å². The molecule has 0 aliphatic heterocycles. The van der Waals surface area contributed by atoms with E-state index in [1.165, 1.54) is 5.56 Å². The van der Waals surface area contributed by atoms with Gasteiger partial charge in [-0.05, 0) is 29.8 Å². The molecule has 3 nitrogen and oxygen atoms in total. The lowest BCUT2D eigenvalue weighted by molar-refractivity contribution is 0.457. The van der Waals surface area contributed by atoms with Crippen molar-refractivity contribution >= 4 is 5.69 Å². The maximum absolute atomic E-state index is 4.45. The Morgan fingerprint density at radius 3 is 2.65 bits per heavy atom. The number of rotatable bonds is 6. The van der Waals surface area contributed by atoms with E-state index in [0.717, 1.165) is 24.5 Å². The number of benzene rings is 1. The molecule has 0 saturated heterocycles. The average Bonchev–Trinajstić information content (AvgIpc) is 2.48. The molecule has 106 valence electrons. The van der Waals surface area contributed by atoms with Gasteiger partial charge in [0, 0.05) is 43.1 Å². The third-order valence-electron chi connectivity index (χ3n) is 3.47. The highest BCUT2D eigenvalue weighted by molar-refractivity contribution is 5.44. The van der Waals surface area contributed by atoms with Gasteiger partial charge in [0.25, 0.3) is 0 Å². The highest BCUT2D eigenvalue weighted by Gasteiger charge is 2.21. The van der Waals surface area contributed by atoms with Crippen LogP contribution in [0.1, 0.15) is 25.1 Å². The molecule has 0 aliphatic carbocycles. The second-order valence-electron chi connectivity index (χ2n) is 5.65. The topological polar surface area (TPSA) is 37.0 Å². The van der Waals surface area contributed by atoms with Crippen molar-refractivity contribution in [2.75, 3.05) is 18.9 Å². The van der Waals surface area contributed by atoms with Gasteiger partial charge in [-0.2, -0.15) is 0 Å². The van der Waals surface area contributed by atoms with Crippen LogP contribution in [0.25, 0.3) is 0 Å². The van der Waals surface area contributed by atoms with E-state index < -0.39 is 0 Å². The Kier molecular flexibility index (Phi) is 4.74. The Labute approximate surface area is 121 Å². The molecule has 0 amide bonds. The molecule has 2 N–H and O–H groups in total. The largest absolute Gasteiger partial charge is 0.388 e. The van der Waals surface area contributed by atoms with Crippen LogP contribution < -0.4 is 10.6 Å². The molecular weight excluding hydrogens is 246 g/mol. The van der Waals surface area contributed by atoms with Crippen LogP contribution in [-0.4, -0.2) is 18.6 Å². The van der Waals surface area contributed by atoms with E-state index in [-0.39, 0.29) is 5.41 Å². The van der Waals surface area contributed by atoms with Crippen molar-refractivity contribution in [2.24, 2.45) is 0 Å². The van der Waals surface area contributed by atoms with Crippen LogP contribution >= 0.6 is 0 Å². The van der Waals surface area contributed by atoms with Crippen molar-refractivity contribution in [3.63, 3.8) is 0 Å². The molecule has 2 aromatic rings. The zero-order valence-electron chi connectivity index (χ0n) is 12.5. The monoisotopic (exact) mass is 269 g/mol. The van der Waals surface area contributed by atoms with Crippen LogP contribution in [0.4, 0.5) is 5.69 Å². The molecule has 3 heteroatoms. The van der Waals surface area contributed by atoms with Crippen LogP contribution in [0.3, 0.4) is 0 Å². The van der Waals surface area contributed by atoms with Gasteiger partial charge in [0.1, 0.15) is 0 Å². The molecule has 0 fully saturated rings. The predicted octanol–water partition coefficient (Wildman–Crippen LogP) is 3.19. The second-order valence-corrected chi connectivity index (χ2v) is 5.65. The minimum Gasteiger partial charge on any atom is -0.388 e. The summed E-state index contributed by atoms with van der Waals surface area (Å²) in [6.07, 6.45) is 1.85. The molecule has 0 atom stereocenters. The summed E-state index contributed by atoms with van der Waals surface area (Å²) in [6.45, 7) is 6.19. The number of nitrogens with zero attached hydrogens (tertiary/aromatic N) is 1. The molecule has 2 rings (SSSR count). The first-order valence-corrected chi connectivity index (χ1v) is 7.01. The van der Waals surface area contributed by atoms with Crippen molar-refractivity contribution in [2.45, 2.75) is 25.8 Å². The van der Waals surface area contributed by atoms with Crippen molar-refractivity contribution in [3.05, 3.63) is 59.9 Å². The number of aromatic nitrogens is 1. The van der Waals surface area contributed by atoms with Crippen molar-refractivity contribution in [1.82, 2.24) is 10.3 Å². The van der Waals surface area contributed by atoms with Gasteiger partial charge >= 0.3 is 0 Å². The van der Waals surface area contributed by atoms with Crippen LogP contribution in [0.5, 0.6) is 0 Å². The first-order valence-electron chi connectivity index (χ1n) is 7.01. The Morgan fingerprint density at radius 1 is 1.10 bits per heavy atom. The van der Waals surface area contributed by atoms with Crippen LogP contribution in [0, 0.1) is 0 Å². The maximum Gasteiger partial charge on any atom is 0.0472 e. The minimum atomic E-state index is 0.0296. The molecule has 1 aromatic heterocycles. The van der Waals surface area contributed by atoms with Gasteiger partial charge < -0.3 is 10.6 Å². The predicted molar refractivity (Wildman–Crippen MR) is 85.0 cm³/mol. The quantitative estimate of drug-likeness (QED) is 0.845. The molecule has 0 radical (unpaired) electrons. The van der Waals surface area contributed by atoms with Gasteiger partial charge in [0.2, 0.25) is 0 Å². The number of hydrogen-bond acceptors (Lipinski definition) is 3. The van der Waals surface area contributed by atoms with Gasteiger partial charge in [0.05, 0.1) is 0 Å². The van der Waals surface area contributed by atoms with E-state index in [9.17, 15) is 0 Å². The SMILES string of the molecule is CNc1cccc(CNCC(C)(C)c2ccccn2)c1. The molecule has 0 saturated carbocycles. The molecule has 0 bridgehead atoms. The van der Waals surface area contributed by atoms with Crippen LogP contribution in [-0.2, 0) is 12.0 Å². The molecule has 0 spiro atoms. The highest BCUT2D eigenvalue weighted by atomic mass is 14.9. The molecule has 0 aliphatic rings. The Balaban J connectivity index is 1.92. The van der Waals surface area contributed by atoms with Crippen molar-refractivity contribution < 1.29 is 0 Å².